The third kappa shape index (κ3) is 3.48. The third-order valence-electron chi connectivity index (χ3n) is 2.58. The number of nitrogens with two attached hydrogens (primary N) is 1. The van der Waals surface area contributed by atoms with Crippen LogP contribution in [0.5, 0.6) is 0 Å². The first kappa shape index (κ1) is 13.4. The SMILES string of the molecule is CN(C)c1ccc(C=CC=C2SC(N)=NC2=O)cc1. The molecule has 0 atom stereocenters. The number of aliphatic imine (C=N–C) groups is 1. The summed E-state index contributed by atoms with van der Waals surface area (Å²) in [6.07, 6.45) is 5.50. The van der Waals surface area contributed by atoms with Gasteiger partial charge in [-0.25, -0.2) is 0 Å². The number of thioether (sulfide) groups is 1. The lowest BCUT2D eigenvalue weighted by atomic mass is 10.2. The molecule has 0 aliphatic carbocycles. The average Bonchev–Trinajstić information content (AvgIpc) is 2.68. The van der Waals surface area contributed by atoms with Crippen molar-refractivity contribution in [3.63, 3.8) is 0 Å². The van der Waals surface area contributed by atoms with E-state index in [9.17, 15) is 4.79 Å². The number of rotatable bonds is 3. The number of allylic oxidation sites excluding steroid dienone is 2. The van der Waals surface area contributed by atoms with E-state index in [2.05, 4.69) is 4.99 Å². The lowest BCUT2D eigenvalue weighted by Crippen LogP contribution is -2.07. The highest BCUT2D eigenvalue weighted by Gasteiger charge is 2.18. The van der Waals surface area contributed by atoms with E-state index < -0.39 is 0 Å². The molecule has 0 saturated carbocycles. The molecule has 0 unspecified atom stereocenters. The molecule has 19 heavy (non-hydrogen) atoms. The summed E-state index contributed by atoms with van der Waals surface area (Å²) in [4.78, 5) is 17.6. The van der Waals surface area contributed by atoms with Crippen LogP contribution in [-0.2, 0) is 4.79 Å². The number of carbonyl (C=O) groups excluding carboxylic acids is 1. The van der Waals surface area contributed by atoms with Gasteiger partial charge in [-0.05, 0) is 35.5 Å². The molecule has 1 aliphatic rings. The van der Waals surface area contributed by atoms with Crippen molar-refractivity contribution in [3.05, 3.63) is 46.9 Å². The monoisotopic (exact) mass is 273 g/mol. The van der Waals surface area contributed by atoms with Gasteiger partial charge in [0.05, 0.1) is 4.91 Å². The van der Waals surface area contributed by atoms with Crippen molar-refractivity contribution in [1.82, 2.24) is 0 Å². The lowest BCUT2D eigenvalue weighted by molar-refractivity contribution is -0.113. The van der Waals surface area contributed by atoms with Gasteiger partial charge in [-0.1, -0.05) is 24.3 Å². The van der Waals surface area contributed by atoms with Gasteiger partial charge in [0.25, 0.3) is 5.91 Å². The maximum Gasteiger partial charge on any atom is 0.286 e. The van der Waals surface area contributed by atoms with Crippen LogP contribution in [0.2, 0.25) is 0 Å². The number of nitrogens with zero attached hydrogens (tertiary/aromatic N) is 2. The molecule has 2 rings (SSSR count). The number of hydrogen-bond acceptors (Lipinski definition) is 4. The van der Waals surface area contributed by atoms with Gasteiger partial charge in [-0.3, -0.25) is 4.79 Å². The summed E-state index contributed by atoms with van der Waals surface area (Å²) in [7, 11) is 4.01. The molecule has 1 aromatic rings. The predicted molar refractivity (Wildman–Crippen MR) is 82.1 cm³/mol. The summed E-state index contributed by atoms with van der Waals surface area (Å²) in [5.41, 5.74) is 7.69. The molecule has 0 aromatic heterocycles. The van der Waals surface area contributed by atoms with Gasteiger partial charge in [0.1, 0.15) is 0 Å². The molecule has 1 amide bonds. The number of carbonyl (C=O) groups is 1. The van der Waals surface area contributed by atoms with Crippen molar-refractivity contribution in [2.75, 3.05) is 19.0 Å². The average molecular weight is 273 g/mol. The van der Waals surface area contributed by atoms with Gasteiger partial charge < -0.3 is 10.6 Å². The van der Waals surface area contributed by atoms with Crippen LogP contribution in [0.3, 0.4) is 0 Å². The molecule has 0 saturated heterocycles. The van der Waals surface area contributed by atoms with Crippen molar-refractivity contribution in [2.24, 2.45) is 10.7 Å². The molecule has 98 valence electrons. The smallest absolute Gasteiger partial charge is 0.286 e. The predicted octanol–water partition coefficient (Wildman–Crippen LogP) is 2.24. The molecule has 5 heteroatoms. The Morgan fingerprint density at radius 3 is 2.47 bits per heavy atom. The van der Waals surface area contributed by atoms with Crippen molar-refractivity contribution >= 4 is 34.6 Å². The number of hydrogen-bond donors (Lipinski definition) is 1. The summed E-state index contributed by atoms with van der Waals surface area (Å²) >= 11 is 1.20. The fourth-order valence-corrected chi connectivity index (χ4v) is 2.20. The molecule has 0 bridgehead atoms. The molecular weight excluding hydrogens is 258 g/mol. The second kappa shape index (κ2) is 5.75. The Balaban J connectivity index is 2.04. The first-order valence-electron chi connectivity index (χ1n) is 5.78. The number of benzene rings is 1. The van der Waals surface area contributed by atoms with Crippen molar-refractivity contribution in [2.45, 2.75) is 0 Å². The van der Waals surface area contributed by atoms with Crippen molar-refractivity contribution in [1.29, 1.82) is 0 Å². The van der Waals surface area contributed by atoms with Crippen LogP contribution in [0, 0.1) is 0 Å². The summed E-state index contributed by atoms with van der Waals surface area (Å²) in [5.74, 6) is -0.268. The van der Waals surface area contributed by atoms with Gasteiger partial charge in [-0.15, -0.1) is 0 Å². The second-order valence-electron chi connectivity index (χ2n) is 4.23. The minimum absolute atomic E-state index is 0.268. The molecule has 0 spiro atoms. The fourth-order valence-electron chi connectivity index (χ4n) is 1.57. The topological polar surface area (TPSA) is 58.7 Å². The van der Waals surface area contributed by atoms with Crippen molar-refractivity contribution in [3.8, 4) is 0 Å². The normalized spacial score (nSPS) is 17.3. The standard InChI is InChI=1S/C14H15N3OS/c1-17(2)11-8-6-10(7-9-11)4-3-5-12-13(18)16-14(15)19-12/h3-9H,1-2H3,(H2,15,16,18). The highest BCUT2D eigenvalue weighted by Crippen LogP contribution is 2.23. The largest absolute Gasteiger partial charge is 0.378 e. The zero-order valence-corrected chi connectivity index (χ0v) is 11.6. The van der Waals surface area contributed by atoms with E-state index in [1.165, 1.54) is 11.8 Å². The van der Waals surface area contributed by atoms with Gasteiger partial charge in [0.15, 0.2) is 5.17 Å². The van der Waals surface area contributed by atoms with Crippen molar-refractivity contribution < 1.29 is 4.79 Å². The van der Waals surface area contributed by atoms with E-state index >= 15 is 0 Å². The van der Waals surface area contributed by atoms with Crippen LogP contribution in [0.1, 0.15) is 5.56 Å². The Labute approximate surface area is 116 Å². The summed E-state index contributed by atoms with van der Waals surface area (Å²) in [6.45, 7) is 0. The maximum atomic E-state index is 11.4. The molecule has 0 radical (unpaired) electrons. The zero-order valence-electron chi connectivity index (χ0n) is 10.8. The van der Waals surface area contributed by atoms with E-state index in [0.29, 0.717) is 10.1 Å². The van der Waals surface area contributed by atoms with Crippen LogP contribution in [0.25, 0.3) is 6.08 Å². The number of amidine groups is 1. The van der Waals surface area contributed by atoms with E-state index in [4.69, 9.17) is 5.73 Å². The van der Waals surface area contributed by atoms with Crippen LogP contribution in [0.4, 0.5) is 5.69 Å². The summed E-state index contributed by atoms with van der Waals surface area (Å²) in [5, 5.41) is 0.306. The Morgan fingerprint density at radius 2 is 1.95 bits per heavy atom. The minimum atomic E-state index is -0.268. The van der Waals surface area contributed by atoms with Gasteiger partial charge in [0, 0.05) is 19.8 Å². The van der Waals surface area contributed by atoms with Crippen LogP contribution in [0.15, 0.2) is 46.3 Å². The molecule has 1 heterocycles. The van der Waals surface area contributed by atoms with E-state index in [1.54, 1.807) is 6.08 Å². The number of anilines is 1. The van der Waals surface area contributed by atoms with Gasteiger partial charge in [0.2, 0.25) is 0 Å². The van der Waals surface area contributed by atoms with E-state index in [1.807, 2.05) is 55.4 Å². The minimum Gasteiger partial charge on any atom is -0.378 e. The highest BCUT2D eigenvalue weighted by atomic mass is 32.2. The Bertz CT molecular complexity index is 571. The molecule has 2 N–H and O–H groups in total. The molecule has 1 aliphatic heterocycles. The van der Waals surface area contributed by atoms with E-state index in [-0.39, 0.29) is 5.91 Å². The van der Waals surface area contributed by atoms with Crippen LogP contribution >= 0.6 is 11.8 Å². The maximum absolute atomic E-state index is 11.4. The van der Waals surface area contributed by atoms with Gasteiger partial charge >= 0.3 is 0 Å². The lowest BCUT2D eigenvalue weighted by Gasteiger charge is -2.11. The Hall–Kier alpha value is -2.01. The second-order valence-corrected chi connectivity index (χ2v) is 5.30. The zero-order chi connectivity index (χ0) is 13.8. The molecule has 4 nitrogen and oxygen atoms in total. The fraction of sp³-hybridized carbons (Fsp3) is 0.143. The first-order valence-corrected chi connectivity index (χ1v) is 6.60. The van der Waals surface area contributed by atoms with E-state index in [0.717, 1.165) is 11.3 Å². The molecule has 1 aromatic carbocycles. The summed E-state index contributed by atoms with van der Waals surface area (Å²) in [6, 6.07) is 8.14. The number of amides is 1. The first-order chi connectivity index (χ1) is 9.06. The Morgan fingerprint density at radius 1 is 1.26 bits per heavy atom. The highest BCUT2D eigenvalue weighted by molar-refractivity contribution is 8.18. The third-order valence-corrected chi connectivity index (χ3v) is 3.41. The summed E-state index contributed by atoms with van der Waals surface area (Å²) < 4.78 is 0. The molecule has 0 fully saturated rings. The Kier molecular flexibility index (Phi) is 4.06. The molecular formula is C14H15N3OS. The van der Waals surface area contributed by atoms with Gasteiger partial charge in [-0.2, -0.15) is 4.99 Å². The van der Waals surface area contributed by atoms with Crippen LogP contribution < -0.4 is 10.6 Å². The van der Waals surface area contributed by atoms with Crippen LogP contribution in [-0.4, -0.2) is 25.2 Å². The quantitative estimate of drug-likeness (QED) is 0.858.